The zero-order valence-corrected chi connectivity index (χ0v) is 8.21. The molecule has 77 valence electrons. The maximum atomic E-state index is 12.1. The van der Waals surface area contributed by atoms with Crippen LogP contribution in [0.4, 0.5) is 13.2 Å². The second-order valence-corrected chi connectivity index (χ2v) is 3.45. The van der Waals surface area contributed by atoms with Crippen LogP contribution in [-0.2, 0) is 0 Å². The standard InChI is InChI=1S/C9H8F3OS/c1-2-13-7-5-3-4-6-8(7)14-9(10,11)12/h3-4,6H,2H2,1H3. The van der Waals surface area contributed by atoms with E-state index in [0.717, 1.165) is 0 Å². The molecule has 1 nitrogen and oxygen atoms in total. The predicted molar refractivity (Wildman–Crippen MR) is 48.4 cm³/mol. The fourth-order valence-electron chi connectivity index (χ4n) is 0.868. The first kappa shape index (κ1) is 11.2. The lowest BCUT2D eigenvalue weighted by molar-refractivity contribution is -0.0329. The maximum absolute atomic E-state index is 12.1. The topological polar surface area (TPSA) is 9.23 Å². The number of hydrogen-bond donors (Lipinski definition) is 0. The van der Waals surface area contributed by atoms with Gasteiger partial charge in [0.2, 0.25) is 0 Å². The molecule has 1 aromatic carbocycles. The molecule has 0 saturated carbocycles. The van der Waals surface area contributed by atoms with E-state index in [1.165, 1.54) is 18.2 Å². The molecule has 0 saturated heterocycles. The Balaban J connectivity index is 2.84. The van der Waals surface area contributed by atoms with Crippen LogP contribution in [0.15, 0.2) is 23.1 Å². The van der Waals surface area contributed by atoms with Crippen molar-refractivity contribution >= 4 is 11.8 Å². The van der Waals surface area contributed by atoms with Crippen molar-refractivity contribution < 1.29 is 17.9 Å². The number of benzene rings is 1. The molecule has 1 aromatic rings. The van der Waals surface area contributed by atoms with Gasteiger partial charge in [-0.05, 0) is 24.8 Å². The Morgan fingerprint density at radius 2 is 2.21 bits per heavy atom. The Hall–Kier alpha value is -0.840. The summed E-state index contributed by atoms with van der Waals surface area (Å²) in [6.07, 6.45) is 0. The minimum Gasteiger partial charge on any atom is -0.492 e. The van der Waals surface area contributed by atoms with E-state index in [-0.39, 0.29) is 22.4 Å². The fourth-order valence-corrected chi connectivity index (χ4v) is 1.47. The number of halogens is 3. The molecule has 0 heterocycles. The van der Waals surface area contributed by atoms with Crippen molar-refractivity contribution in [3.8, 4) is 5.75 Å². The number of para-hydroxylation sites is 1. The highest BCUT2D eigenvalue weighted by Gasteiger charge is 2.30. The molecule has 1 rings (SSSR count). The van der Waals surface area contributed by atoms with Crippen molar-refractivity contribution in [1.82, 2.24) is 0 Å². The first-order valence-electron chi connectivity index (χ1n) is 3.92. The van der Waals surface area contributed by atoms with Crippen molar-refractivity contribution in [2.24, 2.45) is 0 Å². The predicted octanol–water partition coefficient (Wildman–Crippen LogP) is 3.50. The summed E-state index contributed by atoms with van der Waals surface area (Å²) in [5, 5.41) is 0. The van der Waals surface area contributed by atoms with Gasteiger partial charge in [0, 0.05) is 6.07 Å². The van der Waals surface area contributed by atoms with E-state index in [1.54, 1.807) is 6.92 Å². The number of thioether (sulfide) groups is 1. The van der Waals surface area contributed by atoms with Gasteiger partial charge in [-0.2, -0.15) is 13.2 Å². The van der Waals surface area contributed by atoms with Crippen LogP contribution in [0.5, 0.6) is 5.75 Å². The average Bonchev–Trinajstić information content (AvgIpc) is 2.06. The Morgan fingerprint density at radius 3 is 2.79 bits per heavy atom. The summed E-state index contributed by atoms with van der Waals surface area (Å²) in [6.45, 7) is 2.04. The lowest BCUT2D eigenvalue weighted by Gasteiger charge is -2.10. The molecule has 0 aliphatic heterocycles. The molecule has 0 atom stereocenters. The number of ether oxygens (including phenoxy) is 1. The third-order valence-corrected chi connectivity index (χ3v) is 2.07. The quantitative estimate of drug-likeness (QED) is 0.722. The van der Waals surface area contributed by atoms with Crippen LogP contribution in [0.2, 0.25) is 0 Å². The normalized spacial score (nSPS) is 11.4. The maximum Gasteiger partial charge on any atom is 0.446 e. The van der Waals surface area contributed by atoms with E-state index in [1.807, 2.05) is 0 Å². The van der Waals surface area contributed by atoms with Gasteiger partial charge in [-0.1, -0.05) is 12.1 Å². The van der Waals surface area contributed by atoms with E-state index < -0.39 is 5.51 Å². The molecular formula is C9H8F3OS. The van der Waals surface area contributed by atoms with Crippen LogP contribution in [0.3, 0.4) is 0 Å². The lowest BCUT2D eigenvalue weighted by atomic mass is 10.3. The molecule has 5 heteroatoms. The van der Waals surface area contributed by atoms with E-state index in [0.29, 0.717) is 6.61 Å². The molecule has 1 radical (unpaired) electrons. The summed E-state index contributed by atoms with van der Waals surface area (Å²) in [7, 11) is 0. The van der Waals surface area contributed by atoms with Crippen molar-refractivity contribution in [1.29, 1.82) is 0 Å². The number of hydrogen-bond acceptors (Lipinski definition) is 2. The molecule has 0 fully saturated rings. The zero-order chi connectivity index (χ0) is 10.6. The Labute approximate surface area is 84.3 Å². The van der Waals surface area contributed by atoms with E-state index in [4.69, 9.17) is 4.74 Å². The Bertz CT molecular complexity index is 298. The first-order valence-corrected chi connectivity index (χ1v) is 4.74. The highest BCUT2D eigenvalue weighted by molar-refractivity contribution is 8.00. The van der Waals surface area contributed by atoms with Gasteiger partial charge in [-0.25, -0.2) is 0 Å². The van der Waals surface area contributed by atoms with Crippen LogP contribution in [0, 0.1) is 6.07 Å². The van der Waals surface area contributed by atoms with Crippen LogP contribution in [0.1, 0.15) is 6.92 Å². The third kappa shape index (κ3) is 3.49. The minimum absolute atomic E-state index is 0.0434. The van der Waals surface area contributed by atoms with Gasteiger partial charge in [-0.3, -0.25) is 0 Å². The van der Waals surface area contributed by atoms with Crippen molar-refractivity contribution in [2.45, 2.75) is 17.3 Å². The van der Waals surface area contributed by atoms with Gasteiger partial charge in [0.25, 0.3) is 0 Å². The molecule has 0 spiro atoms. The van der Waals surface area contributed by atoms with Gasteiger partial charge in [-0.15, -0.1) is 0 Å². The van der Waals surface area contributed by atoms with Gasteiger partial charge in [0.15, 0.2) is 0 Å². The summed E-state index contributed by atoms with van der Waals surface area (Å²) < 4.78 is 41.2. The van der Waals surface area contributed by atoms with Gasteiger partial charge in [0.05, 0.1) is 11.5 Å². The lowest BCUT2D eigenvalue weighted by Crippen LogP contribution is -2.01. The highest BCUT2D eigenvalue weighted by atomic mass is 32.2. The van der Waals surface area contributed by atoms with Gasteiger partial charge < -0.3 is 4.74 Å². The molecule has 0 aliphatic rings. The second-order valence-electron chi connectivity index (χ2n) is 2.34. The summed E-state index contributed by atoms with van der Waals surface area (Å²) in [5.74, 6) is 0.150. The second kappa shape index (κ2) is 4.59. The Kier molecular flexibility index (Phi) is 3.69. The zero-order valence-electron chi connectivity index (χ0n) is 7.39. The van der Waals surface area contributed by atoms with E-state index >= 15 is 0 Å². The van der Waals surface area contributed by atoms with Crippen LogP contribution in [0.25, 0.3) is 0 Å². The summed E-state index contributed by atoms with van der Waals surface area (Å²) >= 11 is -0.189. The van der Waals surface area contributed by atoms with Crippen LogP contribution >= 0.6 is 11.8 Å². The molecular weight excluding hydrogens is 213 g/mol. The fraction of sp³-hybridized carbons (Fsp3) is 0.333. The van der Waals surface area contributed by atoms with Crippen molar-refractivity contribution in [3.05, 3.63) is 24.3 Å². The summed E-state index contributed by atoms with van der Waals surface area (Å²) in [5.41, 5.74) is -4.29. The monoisotopic (exact) mass is 221 g/mol. The van der Waals surface area contributed by atoms with Crippen LogP contribution in [-0.4, -0.2) is 12.1 Å². The molecule has 0 aromatic heterocycles. The molecule has 0 aliphatic carbocycles. The Morgan fingerprint density at radius 1 is 1.50 bits per heavy atom. The van der Waals surface area contributed by atoms with Crippen molar-refractivity contribution in [2.75, 3.05) is 6.61 Å². The SMILES string of the molecule is CCOc1[c]cccc1SC(F)(F)F. The molecule has 14 heavy (non-hydrogen) atoms. The van der Waals surface area contributed by atoms with E-state index in [9.17, 15) is 13.2 Å². The average molecular weight is 221 g/mol. The van der Waals surface area contributed by atoms with Gasteiger partial charge in [0.1, 0.15) is 5.75 Å². The summed E-state index contributed by atoms with van der Waals surface area (Å²) in [6, 6.07) is 6.99. The molecule has 0 amide bonds. The molecule has 0 bridgehead atoms. The largest absolute Gasteiger partial charge is 0.492 e. The molecule has 0 unspecified atom stereocenters. The van der Waals surface area contributed by atoms with Crippen molar-refractivity contribution in [3.63, 3.8) is 0 Å². The van der Waals surface area contributed by atoms with Crippen LogP contribution < -0.4 is 4.74 Å². The highest BCUT2D eigenvalue weighted by Crippen LogP contribution is 2.40. The smallest absolute Gasteiger partial charge is 0.446 e. The minimum atomic E-state index is -4.29. The summed E-state index contributed by atoms with van der Waals surface area (Å²) in [4.78, 5) is 0.0434. The first-order chi connectivity index (χ1) is 6.53. The number of alkyl halides is 3. The number of rotatable bonds is 3. The molecule has 0 N–H and O–H groups in total. The van der Waals surface area contributed by atoms with Gasteiger partial charge >= 0.3 is 5.51 Å². The van der Waals surface area contributed by atoms with E-state index in [2.05, 4.69) is 6.07 Å². The third-order valence-electron chi connectivity index (χ3n) is 1.30.